The fraction of sp³-hybridized carbons (Fsp3) is 0.812. The van der Waals surface area contributed by atoms with E-state index in [2.05, 4.69) is 31.2 Å². The highest BCUT2D eigenvalue weighted by Gasteiger charge is 2.10. The Labute approximate surface area is 128 Å². The molecular weight excluding hydrogens is 266 g/mol. The van der Waals surface area contributed by atoms with Gasteiger partial charge in [-0.2, -0.15) is 5.10 Å². The second-order valence-corrected chi connectivity index (χ2v) is 6.17. The highest BCUT2D eigenvalue weighted by Crippen LogP contribution is 2.11. The third-order valence-electron chi connectivity index (χ3n) is 3.72. The summed E-state index contributed by atoms with van der Waals surface area (Å²) in [4.78, 5) is 0. The number of aryl methyl sites for hydroxylation is 2. The number of hydrogen-bond donors (Lipinski definition) is 2. The van der Waals surface area contributed by atoms with Crippen LogP contribution in [0.2, 0.25) is 0 Å². The van der Waals surface area contributed by atoms with Gasteiger partial charge in [-0.15, -0.1) is 0 Å². The molecule has 0 aliphatic carbocycles. The van der Waals surface area contributed by atoms with Crippen LogP contribution in [0.5, 0.6) is 0 Å². The Balaban J connectivity index is 2.14. The molecule has 1 aromatic rings. The van der Waals surface area contributed by atoms with E-state index in [1.54, 1.807) is 0 Å². The average Bonchev–Trinajstić information content (AvgIpc) is 2.64. The van der Waals surface area contributed by atoms with E-state index in [1.807, 2.05) is 18.7 Å². The van der Waals surface area contributed by atoms with Gasteiger partial charge in [0, 0.05) is 38.0 Å². The van der Waals surface area contributed by atoms with Gasteiger partial charge < -0.3 is 15.2 Å². The van der Waals surface area contributed by atoms with Crippen LogP contribution >= 0.6 is 0 Å². The molecule has 5 heteroatoms. The second kappa shape index (κ2) is 9.18. The molecule has 0 saturated carbocycles. The summed E-state index contributed by atoms with van der Waals surface area (Å²) in [6.45, 7) is 10.9. The minimum absolute atomic E-state index is 0.399. The minimum Gasteiger partial charge on any atom is -0.389 e. The van der Waals surface area contributed by atoms with Gasteiger partial charge in [0.25, 0.3) is 0 Å². The fourth-order valence-corrected chi connectivity index (χ4v) is 2.31. The molecule has 0 radical (unpaired) electrons. The number of aromatic nitrogens is 2. The lowest BCUT2D eigenvalue weighted by Gasteiger charge is -2.13. The molecule has 1 atom stereocenters. The Morgan fingerprint density at radius 3 is 2.62 bits per heavy atom. The molecule has 0 bridgehead atoms. The lowest BCUT2D eigenvalue weighted by Crippen LogP contribution is -2.30. The largest absolute Gasteiger partial charge is 0.389 e. The van der Waals surface area contributed by atoms with Crippen LogP contribution in [0.4, 0.5) is 0 Å². The van der Waals surface area contributed by atoms with Crippen LogP contribution in [-0.2, 0) is 18.3 Å². The Bertz CT molecular complexity index is 416. The number of ether oxygens (including phenoxy) is 1. The zero-order valence-corrected chi connectivity index (χ0v) is 14.1. The van der Waals surface area contributed by atoms with Gasteiger partial charge in [-0.1, -0.05) is 13.8 Å². The Morgan fingerprint density at radius 1 is 1.33 bits per heavy atom. The minimum atomic E-state index is -0.457. The second-order valence-electron chi connectivity index (χ2n) is 6.17. The van der Waals surface area contributed by atoms with Crippen LogP contribution in [0, 0.1) is 19.8 Å². The van der Waals surface area contributed by atoms with Crippen LogP contribution in [0.25, 0.3) is 0 Å². The van der Waals surface area contributed by atoms with Gasteiger partial charge in [0.2, 0.25) is 0 Å². The maximum atomic E-state index is 9.87. The molecule has 0 fully saturated rings. The predicted octanol–water partition coefficient (Wildman–Crippen LogP) is 1.94. The van der Waals surface area contributed by atoms with Gasteiger partial charge in [-0.25, -0.2) is 0 Å². The van der Waals surface area contributed by atoms with E-state index in [9.17, 15) is 5.11 Å². The molecule has 122 valence electrons. The van der Waals surface area contributed by atoms with E-state index < -0.39 is 6.10 Å². The standard InChI is InChI=1S/C16H31N3O2/c1-12(2)7-6-8-21-11-15(20)9-17-10-16-13(3)18-19(5)14(16)4/h12,15,17,20H,6-11H2,1-5H3. The summed E-state index contributed by atoms with van der Waals surface area (Å²) in [5, 5.41) is 17.5. The van der Waals surface area contributed by atoms with Gasteiger partial charge in [-0.05, 0) is 32.6 Å². The van der Waals surface area contributed by atoms with Crippen molar-refractivity contribution in [2.45, 2.75) is 53.2 Å². The van der Waals surface area contributed by atoms with Crippen LogP contribution in [-0.4, -0.2) is 40.7 Å². The zero-order chi connectivity index (χ0) is 15.8. The topological polar surface area (TPSA) is 59.3 Å². The maximum Gasteiger partial charge on any atom is 0.0897 e. The summed E-state index contributed by atoms with van der Waals surface area (Å²) in [6.07, 6.45) is 1.78. The van der Waals surface area contributed by atoms with Crippen LogP contribution in [0.1, 0.15) is 43.6 Å². The Morgan fingerprint density at radius 2 is 2.05 bits per heavy atom. The number of hydrogen-bond acceptors (Lipinski definition) is 4. The van der Waals surface area contributed by atoms with Crippen LogP contribution in [0.15, 0.2) is 0 Å². The SMILES string of the molecule is Cc1nn(C)c(C)c1CNCC(O)COCCCC(C)C. The van der Waals surface area contributed by atoms with Crippen molar-refractivity contribution in [1.29, 1.82) is 0 Å². The Kier molecular flexibility index (Phi) is 7.93. The predicted molar refractivity (Wildman–Crippen MR) is 85.3 cm³/mol. The van der Waals surface area contributed by atoms with Gasteiger partial charge in [0.15, 0.2) is 0 Å². The molecule has 0 amide bonds. The van der Waals surface area contributed by atoms with Crippen molar-refractivity contribution in [3.8, 4) is 0 Å². The summed E-state index contributed by atoms with van der Waals surface area (Å²) in [5.74, 6) is 0.714. The molecule has 0 aromatic carbocycles. The molecule has 0 aliphatic rings. The maximum absolute atomic E-state index is 9.87. The van der Waals surface area contributed by atoms with Crippen molar-refractivity contribution >= 4 is 0 Å². The van der Waals surface area contributed by atoms with E-state index in [4.69, 9.17) is 4.74 Å². The Hall–Kier alpha value is -0.910. The molecule has 0 aliphatic heterocycles. The lowest BCUT2D eigenvalue weighted by atomic mass is 10.1. The molecule has 1 heterocycles. The highest BCUT2D eigenvalue weighted by atomic mass is 16.5. The first-order valence-corrected chi connectivity index (χ1v) is 7.87. The summed E-state index contributed by atoms with van der Waals surface area (Å²) in [5.41, 5.74) is 3.42. The van der Waals surface area contributed by atoms with E-state index in [1.165, 1.54) is 17.7 Å². The van der Waals surface area contributed by atoms with E-state index in [0.29, 0.717) is 19.1 Å². The third-order valence-corrected chi connectivity index (χ3v) is 3.72. The van der Waals surface area contributed by atoms with Crippen molar-refractivity contribution < 1.29 is 9.84 Å². The number of aliphatic hydroxyl groups excluding tert-OH is 1. The normalized spacial score (nSPS) is 13.1. The van der Waals surface area contributed by atoms with Gasteiger partial charge in [0.1, 0.15) is 0 Å². The lowest BCUT2D eigenvalue weighted by molar-refractivity contribution is 0.0346. The molecule has 1 unspecified atom stereocenters. The van der Waals surface area contributed by atoms with E-state index in [0.717, 1.165) is 25.3 Å². The van der Waals surface area contributed by atoms with Crippen LogP contribution in [0.3, 0.4) is 0 Å². The summed E-state index contributed by atoms with van der Waals surface area (Å²) < 4.78 is 7.38. The first kappa shape index (κ1) is 18.1. The van der Waals surface area contributed by atoms with Crippen LogP contribution < -0.4 is 5.32 Å². The molecule has 0 saturated heterocycles. The van der Waals surface area contributed by atoms with Crippen molar-refractivity contribution in [2.24, 2.45) is 13.0 Å². The van der Waals surface area contributed by atoms with Crippen molar-refractivity contribution in [3.63, 3.8) is 0 Å². The smallest absolute Gasteiger partial charge is 0.0897 e. The molecule has 1 aromatic heterocycles. The third kappa shape index (κ3) is 6.59. The van der Waals surface area contributed by atoms with Gasteiger partial charge in [0.05, 0.1) is 18.4 Å². The molecule has 2 N–H and O–H groups in total. The average molecular weight is 297 g/mol. The number of aliphatic hydroxyl groups is 1. The molecular formula is C16H31N3O2. The van der Waals surface area contributed by atoms with Gasteiger partial charge in [-0.3, -0.25) is 4.68 Å². The quantitative estimate of drug-likeness (QED) is 0.648. The number of nitrogens with one attached hydrogen (secondary N) is 1. The molecule has 5 nitrogen and oxygen atoms in total. The fourth-order valence-electron chi connectivity index (χ4n) is 2.31. The number of nitrogens with zero attached hydrogens (tertiary/aromatic N) is 2. The van der Waals surface area contributed by atoms with Gasteiger partial charge >= 0.3 is 0 Å². The summed E-state index contributed by atoms with van der Waals surface area (Å²) >= 11 is 0. The summed E-state index contributed by atoms with van der Waals surface area (Å²) in [7, 11) is 1.95. The van der Waals surface area contributed by atoms with Crippen molar-refractivity contribution in [1.82, 2.24) is 15.1 Å². The monoisotopic (exact) mass is 297 g/mol. The number of rotatable bonds is 10. The summed E-state index contributed by atoms with van der Waals surface area (Å²) in [6, 6.07) is 0. The zero-order valence-electron chi connectivity index (χ0n) is 14.1. The van der Waals surface area contributed by atoms with Crippen molar-refractivity contribution in [3.05, 3.63) is 17.0 Å². The first-order valence-electron chi connectivity index (χ1n) is 7.87. The molecule has 0 spiro atoms. The highest BCUT2D eigenvalue weighted by molar-refractivity contribution is 5.23. The van der Waals surface area contributed by atoms with E-state index >= 15 is 0 Å². The first-order chi connectivity index (χ1) is 9.91. The molecule has 21 heavy (non-hydrogen) atoms. The van der Waals surface area contributed by atoms with Crippen molar-refractivity contribution in [2.75, 3.05) is 19.8 Å². The van der Waals surface area contributed by atoms with E-state index in [-0.39, 0.29) is 0 Å². The molecule has 1 rings (SSSR count).